The van der Waals surface area contributed by atoms with Crippen LogP contribution in [0, 0.1) is 0 Å². The highest BCUT2D eigenvalue weighted by atomic mass is 16.3. The number of rotatable bonds is 4. The lowest BCUT2D eigenvalue weighted by molar-refractivity contribution is 0.0952. The molecule has 0 atom stereocenters. The lowest BCUT2D eigenvalue weighted by atomic mass is 9.99. The molecule has 0 saturated heterocycles. The number of nitrogens with zero attached hydrogens (tertiary/aromatic N) is 2. The summed E-state index contributed by atoms with van der Waals surface area (Å²) >= 11 is 0. The maximum atomic E-state index is 12.9. The van der Waals surface area contributed by atoms with Crippen LogP contribution in [0.2, 0.25) is 0 Å². The smallest absolute Gasteiger partial charge is 0.273 e. The molecule has 1 amide bonds. The van der Waals surface area contributed by atoms with E-state index in [9.17, 15) is 9.59 Å². The molecule has 1 heterocycles. The molecule has 2 aromatic rings. The van der Waals surface area contributed by atoms with Gasteiger partial charge in [-0.25, -0.2) is 10.8 Å². The summed E-state index contributed by atoms with van der Waals surface area (Å²) in [6.07, 6.45) is 0. The minimum absolute atomic E-state index is 0.135. The van der Waals surface area contributed by atoms with Crippen LogP contribution >= 0.6 is 0 Å². The van der Waals surface area contributed by atoms with Gasteiger partial charge in [-0.15, -0.1) is 0 Å². The van der Waals surface area contributed by atoms with Crippen LogP contribution in [0.5, 0.6) is 0 Å². The second-order valence-corrected chi connectivity index (χ2v) is 6.44. The highest BCUT2D eigenvalue weighted by Crippen LogP contribution is 2.34. The Bertz CT molecular complexity index is 1230. The largest absolute Gasteiger partial charge is 0.452 e. The first-order valence-electron chi connectivity index (χ1n) is 9.14. The summed E-state index contributed by atoms with van der Waals surface area (Å²) in [5.74, 6) is 4.75. The summed E-state index contributed by atoms with van der Waals surface area (Å²) in [6, 6.07) is 12.8. The van der Waals surface area contributed by atoms with Crippen LogP contribution in [0.15, 0.2) is 51.7 Å². The zero-order chi connectivity index (χ0) is 19.8. The van der Waals surface area contributed by atoms with Crippen LogP contribution in [0.4, 0.5) is 5.69 Å². The van der Waals surface area contributed by atoms with Crippen LogP contribution in [-0.4, -0.2) is 24.0 Å². The van der Waals surface area contributed by atoms with Crippen molar-refractivity contribution in [1.29, 1.82) is 0 Å². The van der Waals surface area contributed by atoms with Gasteiger partial charge < -0.3 is 9.32 Å². The molecular formula is C21H20N4O3. The topological polar surface area (TPSA) is 101 Å². The van der Waals surface area contributed by atoms with E-state index in [1.807, 2.05) is 29.7 Å². The number of hydrogen-bond donors (Lipinski definition) is 2. The number of nitrogens with one attached hydrogen (secondary N) is 1. The van der Waals surface area contributed by atoms with Gasteiger partial charge in [0.2, 0.25) is 5.43 Å². The van der Waals surface area contributed by atoms with Gasteiger partial charge in [-0.1, -0.05) is 24.3 Å². The maximum absolute atomic E-state index is 12.9. The van der Waals surface area contributed by atoms with Crippen LogP contribution < -0.4 is 21.6 Å². The van der Waals surface area contributed by atoms with E-state index in [2.05, 4.69) is 18.7 Å². The molecule has 28 heavy (non-hydrogen) atoms. The average Bonchev–Trinajstić information content (AvgIpc) is 2.73. The molecule has 0 fully saturated rings. The van der Waals surface area contributed by atoms with Gasteiger partial charge in [0.1, 0.15) is 16.8 Å². The molecule has 2 aromatic carbocycles. The van der Waals surface area contributed by atoms with Crippen molar-refractivity contribution in [1.82, 2.24) is 10.4 Å². The van der Waals surface area contributed by atoms with Crippen molar-refractivity contribution in [3.63, 3.8) is 0 Å². The molecule has 7 nitrogen and oxygen atoms in total. The highest BCUT2D eigenvalue weighted by molar-refractivity contribution is 6.08. The molecule has 0 aromatic heterocycles. The Balaban J connectivity index is 2.12. The standard InChI is InChI=1S/C21H20N4O3/c1-3-25(4-2)12-9-10-15-16(11-12)28-20-17(21(27)24-22)19(26)14-8-6-5-7-13(14)18(20)23-15/h5-11H,3-4,22H2,1-2H3,(H,24,27). The number of hydrogen-bond acceptors (Lipinski definition) is 6. The summed E-state index contributed by atoms with van der Waals surface area (Å²) in [7, 11) is 0. The second-order valence-electron chi connectivity index (χ2n) is 6.44. The first kappa shape index (κ1) is 17.9. The Hall–Kier alpha value is -3.45. The molecule has 142 valence electrons. The Morgan fingerprint density at radius 2 is 1.86 bits per heavy atom. The number of carbonyl (C=O) groups is 1. The van der Waals surface area contributed by atoms with Gasteiger partial charge in [0.05, 0.1) is 0 Å². The molecule has 0 radical (unpaired) electrons. The number of nitrogen functional groups attached to an aromatic ring is 1. The molecule has 3 N–H and O–H groups in total. The first-order valence-corrected chi connectivity index (χ1v) is 9.14. The van der Waals surface area contributed by atoms with E-state index in [0.717, 1.165) is 18.8 Å². The number of amides is 1. The van der Waals surface area contributed by atoms with Crippen molar-refractivity contribution >= 4 is 33.5 Å². The molecule has 4 rings (SSSR count). The molecule has 7 heteroatoms. The quantitative estimate of drug-likeness (QED) is 0.187. The van der Waals surface area contributed by atoms with Gasteiger partial charge in [-0.3, -0.25) is 15.0 Å². The Morgan fingerprint density at radius 1 is 1.14 bits per heavy atom. The number of nitrogens with two attached hydrogens (primary N) is 1. The lowest BCUT2D eigenvalue weighted by Crippen LogP contribution is -2.34. The van der Waals surface area contributed by atoms with E-state index < -0.39 is 11.3 Å². The predicted octanol–water partition coefficient (Wildman–Crippen LogP) is 2.90. The van der Waals surface area contributed by atoms with Crippen molar-refractivity contribution in [3.05, 3.63) is 58.3 Å². The Labute approximate surface area is 161 Å². The molecule has 1 aliphatic carbocycles. The fourth-order valence-corrected chi connectivity index (χ4v) is 3.55. The number of benzene rings is 3. The van der Waals surface area contributed by atoms with Gasteiger partial charge in [0, 0.05) is 35.6 Å². The zero-order valence-electron chi connectivity index (χ0n) is 15.7. The predicted molar refractivity (Wildman–Crippen MR) is 110 cm³/mol. The summed E-state index contributed by atoms with van der Waals surface area (Å²) in [5, 5.41) is 1.03. The Morgan fingerprint density at radius 3 is 2.54 bits per heavy atom. The summed E-state index contributed by atoms with van der Waals surface area (Å²) < 4.78 is 6.06. The van der Waals surface area contributed by atoms with Crippen LogP contribution in [0.3, 0.4) is 0 Å². The maximum Gasteiger partial charge on any atom is 0.273 e. The zero-order valence-corrected chi connectivity index (χ0v) is 15.7. The van der Waals surface area contributed by atoms with Gasteiger partial charge in [0.15, 0.2) is 11.3 Å². The minimum atomic E-state index is -0.703. The number of aromatic nitrogens is 1. The number of hydrazine groups is 1. The minimum Gasteiger partial charge on any atom is -0.452 e. The summed E-state index contributed by atoms with van der Waals surface area (Å²) in [4.78, 5) is 32.2. The molecule has 1 aliphatic heterocycles. The average molecular weight is 376 g/mol. The van der Waals surface area contributed by atoms with E-state index in [0.29, 0.717) is 27.6 Å². The number of anilines is 1. The van der Waals surface area contributed by atoms with E-state index >= 15 is 0 Å². The van der Waals surface area contributed by atoms with Gasteiger partial charge >= 0.3 is 0 Å². The molecular weight excluding hydrogens is 356 g/mol. The van der Waals surface area contributed by atoms with Crippen molar-refractivity contribution in [3.8, 4) is 11.5 Å². The molecule has 0 spiro atoms. The van der Waals surface area contributed by atoms with Crippen LogP contribution in [0.1, 0.15) is 24.2 Å². The van der Waals surface area contributed by atoms with E-state index in [4.69, 9.17) is 15.2 Å². The summed E-state index contributed by atoms with van der Waals surface area (Å²) in [5.41, 5.74) is 4.05. The molecule has 0 bridgehead atoms. The number of fused-ring (bicyclic) bond motifs is 4. The van der Waals surface area contributed by atoms with E-state index in [-0.39, 0.29) is 11.3 Å². The van der Waals surface area contributed by atoms with Gasteiger partial charge in [-0.05, 0) is 26.0 Å². The highest BCUT2D eigenvalue weighted by Gasteiger charge is 2.26. The SMILES string of the molecule is CCN(CC)c1ccc2nc3c4ccccc4c(=O)c(C(=O)NN)c-3oc2c1. The third-order valence-corrected chi connectivity index (χ3v) is 4.97. The Kier molecular flexibility index (Phi) is 4.44. The lowest BCUT2D eigenvalue weighted by Gasteiger charge is -2.21. The van der Waals surface area contributed by atoms with E-state index in [1.54, 1.807) is 18.2 Å². The van der Waals surface area contributed by atoms with Gasteiger partial charge in [-0.2, -0.15) is 0 Å². The van der Waals surface area contributed by atoms with Crippen LogP contribution in [-0.2, 0) is 0 Å². The van der Waals surface area contributed by atoms with Gasteiger partial charge in [0.25, 0.3) is 5.91 Å². The van der Waals surface area contributed by atoms with Crippen molar-refractivity contribution in [2.75, 3.05) is 18.0 Å². The van der Waals surface area contributed by atoms with Crippen molar-refractivity contribution < 1.29 is 9.21 Å². The normalized spacial score (nSPS) is 11.2. The monoisotopic (exact) mass is 376 g/mol. The number of carbonyl (C=O) groups excluding carboxylic acids is 1. The van der Waals surface area contributed by atoms with E-state index in [1.165, 1.54) is 0 Å². The van der Waals surface area contributed by atoms with Crippen molar-refractivity contribution in [2.45, 2.75) is 13.8 Å². The molecule has 2 aliphatic rings. The fraction of sp³-hybridized carbons (Fsp3) is 0.190. The molecule has 0 saturated carbocycles. The fourth-order valence-electron chi connectivity index (χ4n) is 3.55. The summed E-state index contributed by atoms with van der Waals surface area (Å²) in [6.45, 7) is 5.84. The third-order valence-electron chi connectivity index (χ3n) is 4.97. The second kappa shape index (κ2) is 6.94. The van der Waals surface area contributed by atoms with Crippen molar-refractivity contribution in [2.24, 2.45) is 5.84 Å². The molecule has 0 unspecified atom stereocenters. The third kappa shape index (κ3) is 2.68. The first-order chi connectivity index (χ1) is 13.6. The van der Waals surface area contributed by atoms with Crippen LogP contribution in [0.25, 0.3) is 33.3 Å².